The summed E-state index contributed by atoms with van der Waals surface area (Å²) in [4.78, 5) is 13.2. The van der Waals surface area contributed by atoms with Gasteiger partial charge in [0.15, 0.2) is 9.84 Å². The number of hydrogen-bond donors (Lipinski definition) is 1. The smallest absolute Gasteiger partial charge is 0.323 e. The van der Waals surface area contributed by atoms with Crippen LogP contribution in [0.1, 0.15) is 27.2 Å². The van der Waals surface area contributed by atoms with Gasteiger partial charge in [-0.1, -0.05) is 0 Å². The molecule has 1 aliphatic heterocycles. The van der Waals surface area contributed by atoms with Crippen LogP contribution >= 0.6 is 0 Å². The molecule has 1 saturated heterocycles. The van der Waals surface area contributed by atoms with E-state index in [9.17, 15) is 18.3 Å². The van der Waals surface area contributed by atoms with Crippen LogP contribution in [0.15, 0.2) is 0 Å². The SMILES string of the molecule is COC(=O)C1CC(O)CN1CCS(=O)(=O)C(C)(C)C. The van der Waals surface area contributed by atoms with Crippen molar-refractivity contribution < 1.29 is 23.1 Å². The number of aliphatic hydroxyl groups excluding tert-OH is 1. The predicted molar refractivity (Wildman–Crippen MR) is 71.5 cm³/mol. The number of rotatable bonds is 4. The first-order valence-corrected chi connectivity index (χ1v) is 7.96. The van der Waals surface area contributed by atoms with Gasteiger partial charge in [0.25, 0.3) is 0 Å². The second kappa shape index (κ2) is 5.76. The summed E-state index contributed by atoms with van der Waals surface area (Å²) < 4.78 is 27.9. The van der Waals surface area contributed by atoms with Gasteiger partial charge in [-0.25, -0.2) is 8.42 Å². The van der Waals surface area contributed by atoms with Crippen LogP contribution < -0.4 is 0 Å². The van der Waals surface area contributed by atoms with Gasteiger partial charge in [-0.15, -0.1) is 0 Å². The van der Waals surface area contributed by atoms with E-state index >= 15 is 0 Å². The number of hydrogen-bond acceptors (Lipinski definition) is 6. The molecule has 0 saturated carbocycles. The Bertz CT molecular complexity index is 426. The molecule has 112 valence electrons. The molecule has 0 spiro atoms. The molecule has 0 radical (unpaired) electrons. The maximum Gasteiger partial charge on any atom is 0.323 e. The number of aliphatic hydroxyl groups is 1. The minimum atomic E-state index is -3.23. The fraction of sp³-hybridized carbons (Fsp3) is 0.917. The van der Waals surface area contributed by atoms with E-state index in [-0.39, 0.29) is 12.3 Å². The van der Waals surface area contributed by atoms with E-state index in [1.807, 2.05) is 0 Å². The quantitative estimate of drug-likeness (QED) is 0.723. The molecule has 7 heteroatoms. The van der Waals surface area contributed by atoms with Crippen molar-refractivity contribution in [2.24, 2.45) is 0 Å². The van der Waals surface area contributed by atoms with Gasteiger partial charge >= 0.3 is 5.97 Å². The Kier molecular flexibility index (Phi) is 4.97. The Balaban J connectivity index is 2.69. The van der Waals surface area contributed by atoms with Gasteiger partial charge in [-0.05, 0) is 20.8 Å². The van der Waals surface area contributed by atoms with Crippen molar-refractivity contribution in [3.8, 4) is 0 Å². The second-order valence-corrected chi connectivity index (χ2v) is 8.72. The van der Waals surface area contributed by atoms with Crippen molar-refractivity contribution in [3.05, 3.63) is 0 Å². The first-order valence-electron chi connectivity index (χ1n) is 6.30. The molecule has 1 fully saturated rings. The predicted octanol–water partition coefficient (Wildman–Crippen LogP) is -0.192. The van der Waals surface area contributed by atoms with E-state index in [0.717, 1.165) is 0 Å². The Morgan fingerprint density at radius 1 is 1.42 bits per heavy atom. The maximum absolute atomic E-state index is 12.0. The van der Waals surface area contributed by atoms with Crippen molar-refractivity contribution >= 4 is 15.8 Å². The summed E-state index contributed by atoms with van der Waals surface area (Å²) in [7, 11) is -1.95. The first-order chi connectivity index (χ1) is 8.58. The molecular weight excluding hydrogens is 270 g/mol. The average Bonchev–Trinajstić information content (AvgIpc) is 2.65. The molecule has 0 bridgehead atoms. The monoisotopic (exact) mass is 293 g/mol. The van der Waals surface area contributed by atoms with Crippen LogP contribution in [0.25, 0.3) is 0 Å². The number of esters is 1. The number of likely N-dealkylation sites (tertiary alicyclic amines) is 1. The minimum absolute atomic E-state index is 0.0310. The van der Waals surface area contributed by atoms with Crippen molar-refractivity contribution in [2.75, 3.05) is 26.0 Å². The van der Waals surface area contributed by atoms with Crippen LogP contribution in [0.2, 0.25) is 0 Å². The van der Waals surface area contributed by atoms with E-state index in [2.05, 4.69) is 4.74 Å². The van der Waals surface area contributed by atoms with Crippen LogP contribution in [-0.4, -0.2) is 67.2 Å². The summed E-state index contributed by atoms with van der Waals surface area (Å²) >= 11 is 0. The number of sulfone groups is 1. The number of nitrogens with zero attached hydrogens (tertiary/aromatic N) is 1. The van der Waals surface area contributed by atoms with Crippen molar-refractivity contribution in [1.29, 1.82) is 0 Å². The van der Waals surface area contributed by atoms with Gasteiger partial charge in [0.1, 0.15) is 6.04 Å². The van der Waals surface area contributed by atoms with Crippen LogP contribution in [0, 0.1) is 0 Å². The Morgan fingerprint density at radius 2 is 2.00 bits per heavy atom. The molecule has 19 heavy (non-hydrogen) atoms. The van der Waals surface area contributed by atoms with Gasteiger partial charge in [-0.2, -0.15) is 0 Å². The molecule has 6 nitrogen and oxygen atoms in total. The molecule has 1 heterocycles. The molecule has 1 rings (SSSR count). The summed E-state index contributed by atoms with van der Waals surface area (Å²) in [6.45, 7) is 5.49. The maximum atomic E-state index is 12.0. The molecule has 0 aromatic heterocycles. The summed E-state index contributed by atoms with van der Waals surface area (Å²) in [5.41, 5.74) is 0. The Labute approximate surface area is 114 Å². The third-order valence-electron chi connectivity index (χ3n) is 3.43. The van der Waals surface area contributed by atoms with Crippen LogP contribution in [0.4, 0.5) is 0 Å². The van der Waals surface area contributed by atoms with E-state index in [4.69, 9.17) is 0 Å². The van der Waals surface area contributed by atoms with Gasteiger partial charge in [0, 0.05) is 19.5 Å². The number of carbonyl (C=O) groups is 1. The lowest BCUT2D eigenvalue weighted by Gasteiger charge is -2.25. The highest BCUT2D eigenvalue weighted by molar-refractivity contribution is 7.92. The highest BCUT2D eigenvalue weighted by atomic mass is 32.2. The van der Waals surface area contributed by atoms with Crippen LogP contribution in [0.5, 0.6) is 0 Å². The zero-order valence-corrected chi connectivity index (χ0v) is 12.7. The van der Waals surface area contributed by atoms with E-state index in [1.54, 1.807) is 25.7 Å². The molecule has 0 amide bonds. The van der Waals surface area contributed by atoms with Crippen LogP contribution in [-0.2, 0) is 19.4 Å². The highest BCUT2D eigenvalue weighted by Gasteiger charge is 2.38. The number of β-amino-alcohol motifs (C(OH)–C–C–N with tert-alkyl or cyclic N) is 1. The van der Waals surface area contributed by atoms with Gasteiger partial charge < -0.3 is 9.84 Å². The van der Waals surface area contributed by atoms with Crippen molar-refractivity contribution in [1.82, 2.24) is 4.90 Å². The van der Waals surface area contributed by atoms with E-state index < -0.39 is 32.7 Å². The van der Waals surface area contributed by atoms with E-state index in [1.165, 1.54) is 7.11 Å². The molecule has 1 N–H and O–H groups in total. The lowest BCUT2D eigenvalue weighted by atomic mass is 10.2. The van der Waals surface area contributed by atoms with Crippen molar-refractivity contribution in [3.63, 3.8) is 0 Å². The zero-order chi connectivity index (χ0) is 14.8. The summed E-state index contributed by atoms with van der Waals surface area (Å²) in [6, 6.07) is -0.546. The largest absolute Gasteiger partial charge is 0.468 e. The molecule has 0 aromatic rings. The minimum Gasteiger partial charge on any atom is -0.468 e. The summed E-state index contributed by atoms with van der Waals surface area (Å²) in [5, 5.41) is 9.60. The van der Waals surface area contributed by atoms with Gasteiger partial charge in [0.2, 0.25) is 0 Å². The molecular formula is C12H23NO5S. The fourth-order valence-corrected chi connectivity index (χ4v) is 3.14. The zero-order valence-electron chi connectivity index (χ0n) is 11.9. The molecule has 2 atom stereocenters. The summed E-state index contributed by atoms with van der Waals surface area (Å²) in [5.74, 6) is -0.457. The Hall–Kier alpha value is -0.660. The second-order valence-electron chi connectivity index (χ2n) is 5.85. The molecule has 1 aliphatic rings. The van der Waals surface area contributed by atoms with Gasteiger partial charge in [-0.3, -0.25) is 9.69 Å². The molecule has 0 aromatic carbocycles. The number of ether oxygens (including phenoxy) is 1. The highest BCUT2D eigenvalue weighted by Crippen LogP contribution is 2.21. The third kappa shape index (κ3) is 3.90. The normalized spacial score (nSPS) is 25.5. The lowest BCUT2D eigenvalue weighted by molar-refractivity contribution is -0.145. The number of methoxy groups -OCH3 is 1. The standard InChI is InChI=1S/C12H23NO5S/c1-12(2,3)19(16,17)6-5-13-8-9(14)7-10(13)11(15)18-4/h9-10,14H,5-8H2,1-4H3. The molecule has 0 aliphatic carbocycles. The molecule has 2 unspecified atom stereocenters. The topological polar surface area (TPSA) is 83.9 Å². The summed E-state index contributed by atoms with van der Waals surface area (Å²) in [6.07, 6.45) is -0.316. The average molecular weight is 293 g/mol. The Morgan fingerprint density at radius 3 is 2.47 bits per heavy atom. The third-order valence-corrected chi connectivity index (χ3v) is 6.02. The van der Waals surface area contributed by atoms with Gasteiger partial charge in [0.05, 0.1) is 23.7 Å². The lowest BCUT2D eigenvalue weighted by Crippen LogP contribution is -2.42. The van der Waals surface area contributed by atoms with E-state index in [0.29, 0.717) is 13.0 Å². The fourth-order valence-electron chi connectivity index (χ4n) is 2.05. The number of carbonyl (C=O) groups excluding carboxylic acids is 1. The van der Waals surface area contributed by atoms with Crippen LogP contribution in [0.3, 0.4) is 0 Å². The first kappa shape index (κ1) is 16.4. The van der Waals surface area contributed by atoms with Crippen molar-refractivity contribution in [2.45, 2.75) is 44.1 Å².